The standard InChI is InChI=1S/C22H20N4O4S/c23-20-17(14-7-3-1-4-8-14)13-15(21(31(25,29)30)19(20)22(24)28)11-12-18(27)26-16-9-5-2-6-10-16/h1-13H,23H2,(H2,24,28)(H,26,27)(H2,25,29,30)/b12-11+. The molecule has 0 heterocycles. The molecule has 0 aliphatic carbocycles. The monoisotopic (exact) mass is 436 g/mol. The van der Waals surface area contributed by atoms with Crippen molar-refractivity contribution in [2.75, 3.05) is 11.1 Å². The van der Waals surface area contributed by atoms with Gasteiger partial charge < -0.3 is 16.8 Å². The fourth-order valence-electron chi connectivity index (χ4n) is 3.10. The number of nitrogens with two attached hydrogens (primary N) is 3. The van der Waals surface area contributed by atoms with Crippen molar-refractivity contribution in [3.8, 4) is 11.1 Å². The summed E-state index contributed by atoms with van der Waals surface area (Å²) in [7, 11) is -4.40. The van der Waals surface area contributed by atoms with Crippen LogP contribution in [0.25, 0.3) is 17.2 Å². The van der Waals surface area contributed by atoms with E-state index in [-0.39, 0.29) is 11.3 Å². The van der Waals surface area contributed by atoms with Crippen LogP contribution in [-0.4, -0.2) is 20.2 Å². The Labute approximate surface area is 179 Å². The van der Waals surface area contributed by atoms with E-state index in [2.05, 4.69) is 5.32 Å². The molecule has 0 saturated heterocycles. The minimum absolute atomic E-state index is 0.00700. The highest BCUT2D eigenvalue weighted by Gasteiger charge is 2.26. The van der Waals surface area contributed by atoms with E-state index in [1.165, 1.54) is 12.1 Å². The van der Waals surface area contributed by atoms with Crippen molar-refractivity contribution in [1.29, 1.82) is 0 Å². The van der Waals surface area contributed by atoms with Crippen LogP contribution in [0.2, 0.25) is 0 Å². The summed E-state index contributed by atoms with van der Waals surface area (Å²) in [6.07, 6.45) is 2.38. The number of rotatable bonds is 6. The molecule has 0 aromatic heterocycles. The second-order valence-corrected chi connectivity index (χ2v) is 8.09. The van der Waals surface area contributed by atoms with Crippen LogP contribution < -0.4 is 21.9 Å². The summed E-state index contributed by atoms with van der Waals surface area (Å²) in [4.78, 5) is 23.9. The van der Waals surface area contributed by atoms with Gasteiger partial charge in [0.1, 0.15) is 4.90 Å². The average Bonchev–Trinajstić information content (AvgIpc) is 2.72. The van der Waals surface area contributed by atoms with E-state index in [0.717, 1.165) is 6.08 Å². The number of hydrogen-bond acceptors (Lipinski definition) is 5. The highest BCUT2D eigenvalue weighted by atomic mass is 32.2. The van der Waals surface area contributed by atoms with Gasteiger partial charge in [0.25, 0.3) is 5.91 Å². The number of amides is 2. The van der Waals surface area contributed by atoms with Gasteiger partial charge in [0.15, 0.2) is 0 Å². The van der Waals surface area contributed by atoms with E-state index in [0.29, 0.717) is 16.8 Å². The highest BCUT2D eigenvalue weighted by molar-refractivity contribution is 7.89. The van der Waals surface area contributed by atoms with Crippen LogP contribution in [0.3, 0.4) is 0 Å². The molecule has 0 radical (unpaired) electrons. The predicted molar refractivity (Wildman–Crippen MR) is 120 cm³/mol. The summed E-state index contributed by atoms with van der Waals surface area (Å²) >= 11 is 0. The molecule has 0 aliphatic rings. The molecule has 31 heavy (non-hydrogen) atoms. The van der Waals surface area contributed by atoms with Crippen molar-refractivity contribution in [3.05, 3.63) is 83.9 Å². The van der Waals surface area contributed by atoms with E-state index >= 15 is 0 Å². The average molecular weight is 436 g/mol. The summed E-state index contributed by atoms with van der Waals surface area (Å²) in [5.74, 6) is -1.56. The SMILES string of the molecule is NC(=O)c1c(N)c(-c2ccccc2)cc(/C=C/C(=O)Nc2ccccc2)c1S(N)(=O)=O. The summed E-state index contributed by atoms with van der Waals surface area (Å²) in [5, 5.41) is 8.00. The van der Waals surface area contributed by atoms with Gasteiger partial charge in [-0.3, -0.25) is 9.59 Å². The van der Waals surface area contributed by atoms with Gasteiger partial charge in [-0.25, -0.2) is 13.6 Å². The van der Waals surface area contributed by atoms with Crippen molar-refractivity contribution in [2.45, 2.75) is 4.90 Å². The molecule has 9 heteroatoms. The summed E-state index contributed by atoms with van der Waals surface area (Å²) in [5.41, 5.74) is 12.6. The third-order valence-corrected chi connectivity index (χ3v) is 5.43. The number of benzene rings is 3. The van der Waals surface area contributed by atoms with E-state index in [1.807, 2.05) is 0 Å². The Hall–Kier alpha value is -3.95. The normalized spacial score (nSPS) is 11.4. The Balaban J connectivity index is 2.16. The molecule has 7 N–H and O–H groups in total. The molecule has 0 unspecified atom stereocenters. The molecule has 3 aromatic rings. The molecule has 0 spiro atoms. The topological polar surface area (TPSA) is 158 Å². The van der Waals surface area contributed by atoms with Gasteiger partial charge in [-0.15, -0.1) is 0 Å². The molecular formula is C22H20N4O4S. The number of carbonyl (C=O) groups excluding carboxylic acids is 2. The Morgan fingerprint density at radius 2 is 1.52 bits per heavy atom. The lowest BCUT2D eigenvalue weighted by Gasteiger charge is -2.16. The molecule has 3 rings (SSSR count). The fourth-order valence-corrected chi connectivity index (χ4v) is 4.05. The van der Waals surface area contributed by atoms with E-state index in [4.69, 9.17) is 16.6 Å². The molecule has 8 nitrogen and oxygen atoms in total. The Morgan fingerprint density at radius 3 is 2.06 bits per heavy atom. The van der Waals surface area contributed by atoms with Crippen molar-refractivity contribution in [1.82, 2.24) is 0 Å². The number of para-hydroxylation sites is 1. The summed E-state index contributed by atoms with van der Waals surface area (Å²) in [6.45, 7) is 0. The van der Waals surface area contributed by atoms with Crippen LogP contribution in [0.15, 0.2) is 77.7 Å². The van der Waals surface area contributed by atoms with E-state index in [9.17, 15) is 18.0 Å². The molecule has 0 aliphatic heterocycles. The number of primary sulfonamides is 1. The summed E-state index contributed by atoms with van der Waals surface area (Å²) < 4.78 is 24.6. The first-order chi connectivity index (χ1) is 14.7. The second-order valence-electron chi connectivity index (χ2n) is 6.60. The Kier molecular flexibility index (Phi) is 6.19. The zero-order valence-corrected chi connectivity index (χ0v) is 17.1. The van der Waals surface area contributed by atoms with Crippen molar-refractivity contribution >= 4 is 39.3 Å². The number of nitrogens with one attached hydrogen (secondary N) is 1. The van der Waals surface area contributed by atoms with Crippen molar-refractivity contribution < 1.29 is 18.0 Å². The minimum atomic E-state index is -4.40. The van der Waals surface area contributed by atoms with E-state index < -0.39 is 32.3 Å². The predicted octanol–water partition coefficient (Wildman–Crippen LogP) is 2.33. The van der Waals surface area contributed by atoms with Gasteiger partial charge in [-0.1, -0.05) is 48.5 Å². The van der Waals surface area contributed by atoms with Crippen LogP contribution >= 0.6 is 0 Å². The first kappa shape index (κ1) is 21.8. The Morgan fingerprint density at radius 1 is 0.935 bits per heavy atom. The quantitative estimate of drug-likeness (QED) is 0.344. The molecule has 3 aromatic carbocycles. The molecule has 0 atom stereocenters. The minimum Gasteiger partial charge on any atom is -0.398 e. The highest BCUT2D eigenvalue weighted by Crippen LogP contribution is 2.35. The molecule has 158 valence electrons. The number of anilines is 2. The van der Waals surface area contributed by atoms with Crippen molar-refractivity contribution in [2.24, 2.45) is 10.9 Å². The lowest BCUT2D eigenvalue weighted by atomic mass is 9.96. The number of nitrogen functional groups attached to an aromatic ring is 1. The number of carbonyl (C=O) groups is 2. The first-order valence-electron chi connectivity index (χ1n) is 9.07. The zero-order valence-electron chi connectivity index (χ0n) is 16.3. The van der Waals surface area contributed by atoms with Crippen LogP contribution in [0, 0.1) is 0 Å². The Bertz CT molecular complexity index is 1270. The van der Waals surface area contributed by atoms with Gasteiger partial charge in [0.2, 0.25) is 15.9 Å². The molecule has 0 bridgehead atoms. The van der Waals surface area contributed by atoms with Crippen LogP contribution in [-0.2, 0) is 14.8 Å². The number of sulfonamides is 1. The number of hydrogen-bond donors (Lipinski definition) is 4. The maximum Gasteiger partial charge on any atom is 0.252 e. The summed E-state index contributed by atoms with van der Waals surface area (Å²) in [6, 6.07) is 18.9. The first-order valence-corrected chi connectivity index (χ1v) is 10.6. The third kappa shape index (κ3) is 4.97. The second kappa shape index (κ2) is 8.82. The molecule has 0 saturated carbocycles. The molecular weight excluding hydrogens is 416 g/mol. The van der Waals surface area contributed by atoms with Gasteiger partial charge in [0, 0.05) is 17.3 Å². The van der Waals surface area contributed by atoms with Crippen molar-refractivity contribution in [3.63, 3.8) is 0 Å². The van der Waals surface area contributed by atoms with Gasteiger partial charge in [-0.05, 0) is 35.4 Å². The van der Waals surface area contributed by atoms with Crippen LogP contribution in [0.5, 0.6) is 0 Å². The largest absolute Gasteiger partial charge is 0.398 e. The van der Waals surface area contributed by atoms with Crippen LogP contribution in [0.4, 0.5) is 11.4 Å². The maximum atomic E-state index is 12.3. The fraction of sp³-hybridized carbons (Fsp3) is 0. The van der Waals surface area contributed by atoms with E-state index in [1.54, 1.807) is 60.7 Å². The number of primary amides is 1. The lowest BCUT2D eigenvalue weighted by molar-refractivity contribution is -0.111. The maximum absolute atomic E-state index is 12.3. The lowest BCUT2D eigenvalue weighted by Crippen LogP contribution is -2.24. The molecule has 0 fully saturated rings. The van der Waals surface area contributed by atoms with Gasteiger partial charge >= 0.3 is 0 Å². The smallest absolute Gasteiger partial charge is 0.252 e. The molecule has 2 amide bonds. The van der Waals surface area contributed by atoms with Crippen LogP contribution in [0.1, 0.15) is 15.9 Å². The third-order valence-electron chi connectivity index (χ3n) is 4.42. The van der Waals surface area contributed by atoms with Gasteiger partial charge in [0.05, 0.1) is 11.3 Å². The zero-order chi connectivity index (χ0) is 22.6. The van der Waals surface area contributed by atoms with Gasteiger partial charge in [-0.2, -0.15) is 0 Å².